The molecule has 0 saturated heterocycles. The largest absolute Gasteiger partial charge is 0.363 e. The van der Waals surface area contributed by atoms with Crippen LogP contribution in [0.4, 0.5) is 0 Å². The van der Waals surface area contributed by atoms with E-state index in [9.17, 15) is 4.79 Å². The van der Waals surface area contributed by atoms with Crippen molar-refractivity contribution in [3.63, 3.8) is 0 Å². The SMILES string of the molecule is O=Cc1conc1Br. The number of carbonyl (C=O) groups excluding carboxylic acids is 1. The molecule has 3 nitrogen and oxygen atoms in total. The fraction of sp³-hybridized carbons (Fsp3) is 0. The second kappa shape index (κ2) is 2.09. The van der Waals surface area contributed by atoms with Crippen LogP contribution in [0.1, 0.15) is 10.4 Å². The van der Waals surface area contributed by atoms with Crippen molar-refractivity contribution in [1.29, 1.82) is 0 Å². The van der Waals surface area contributed by atoms with E-state index in [-0.39, 0.29) is 0 Å². The Morgan fingerprint density at radius 1 is 1.88 bits per heavy atom. The predicted molar refractivity (Wildman–Crippen MR) is 29.6 cm³/mol. The van der Waals surface area contributed by atoms with Gasteiger partial charge in [-0.15, -0.1) is 0 Å². The summed E-state index contributed by atoms with van der Waals surface area (Å²) < 4.78 is 4.86. The average Bonchev–Trinajstić information content (AvgIpc) is 2.14. The molecule has 0 amide bonds. The number of hydrogen-bond donors (Lipinski definition) is 0. The quantitative estimate of drug-likeness (QED) is 0.604. The molecule has 0 bridgehead atoms. The molecule has 0 radical (unpaired) electrons. The molecule has 0 atom stereocenters. The van der Waals surface area contributed by atoms with Gasteiger partial charge in [-0.2, -0.15) is 0 Å². The molecule has 0 N–H and O–H groups in total. The highest BCUT2D eigenvalue weighted by Gasteiger charge is 1.99. The van der Waals surface area contributed by atoms with Crippen molar-refractivity contribution >= 4 is 22.2 Å². The van der Waals surface area contributed by atoms with Crippen LogP contribution in [0.5, 0.6) is 0 Å². The second-order valence-electron chi connectivity index (χ2n) is 1.18. The number of aldehydes is 1. The van der Waals surface area contributed by atoms with E-state index in [0.717, 1.165) is 0 Å². The summed E-state index contributed by atoms with van der Waals surface area (Å²) in [5.41, 5.74) is 0.435. The van der Waals surface area contributed by atoms with Crippen LogP contribution in [0.15, 0.2) is 15.4 Å². The van der Waals surface area contributed by atoms with Crippen molar-refractivity contribution in [2.24, 2.45) is 0 Å². The van der Waals surface area contributed by atoms with Crippen LogP contribution in [-0.2, 0) is 0 Å². The highest BCUT2D eigenvalue weighted by atomic mass is 79.9. The molecule has 8 heavy (non-hydrogen) atoms. The van der Waals surface area contributed by atoms with E-state index in [0.29, 0.717) is 16.5 Å². The van der Waals surface area contributed by atoms with Crippen LogP contribution in [0.2, 0.25) is 0 Å². The predicted octanol–water partition coefficient (Wildman–Crippen LogP) is 1.25. The zero-order chi connectivity index (χ0) is 5.98. The van der Waals surface area contributed by atoms with Gasteiger partial charge in [-0.1, -0.05) is 5.16 Å². The van der Waals surface area contributed by atoms with Gasteiger partial charge in [0, 0.05) is 0 Å². The molecule has 1 aromatic rings. The Kier molecular flexibility index (Phi) is 1.43. The van der Waals surface area contributed by atoms with Crippen molar-refractivity contribution in [2.45, 2.75) is 0 Å². The van der Waals surface area contributed by atoms with Crippen LogP contribution < -0.4 is 0 Å². The molecule has 4 heteroatoms. The van der Waals surface area contributed by atoms with E-state index in [1.54, 1.807) is 0 Å². The van der Waals surface area contributed by atoms with E-state index in [2.05, 4.69) is 25.6 Å². The van der Waals surface area contributed by atoms with Gasteiger partial charge >= 0.3 is 0 Å². The molecule has 0 aliphatic heterocycles. The molecule has 0 spiro atoms. The Labute approximate surface area is 53.8 Å². The van der Waals surface area contributed by atoms with Crippen molar-refractivity contribution in [1.82, 2.24) is 5.16 Å². The lowest BCUT2D eigenvalue weighted by atomic mass is 10.4. The summed E-state index contributed by atoms with van der Waals surface area (Å²) in [7, 11) is 0. The van der Waals surface area contributed by atoms with Crippen LogP contribution in [-0.4, -0.2) is 11.4 Å². The third-order valence-corrected chi connectivity index (χ3v) is 1.28. The molecular formula is C4H2BrNO2. The summed E-state index contributed by atoms with van der Waals surface area (Å²) in [5, 5.41) is 3.40. The lowest BCUT2D eigenvalue weighted by molar-refractivity contribution is 0.112. The Bertz CT molecular complexity index is 196. The molecule has 1 rings (SSSR count). The zero-order valence-electron chi connectivity index (χ0n) is 3.80. The Morgan fingerprint density at radius 3 is 2.88 bits per heavy atom. The van der Waals surface area contributed by atoms with Gasteiger partial charge in [0.15, 0.2) is 10.9 Å². The van der Waals surface area contributed by atoms with Crippen molar-refractivity contribution in [3.8, 4) is 0 Å². The molecule has 0 aliphatic carbocycles. The van der Waals surface area contributed by atoms with E-state index in [1.807, 2.05) is 0 Å². The number of carbonyl (C=O) groups is 1. The van der Waals surface area contributed by atoms with Crippen LogP contribution in [0, 0.1) is 0 Å². The summed E-state index contributed by atoms with van der Waals surface area (Å²) in [5.74, 6) is 0. The first kappa shape index (κ1) is 5.50. The molecule has 42 valence electrons. The van der Waals surface area contributed by atoms with Gasteiger partial charge in [0.05, 0.1) is 5.56 Å². The van der Waals surface area contributed by atoms with E-state index < -0.39 is 0 Å². The third kappa shape index (κ3) is 0.790. The van der Waals surface area contributed by atoms with Gasteiger partial charge in [-0.25, -0.2) is 0 Å². The first-order chi connectivity index (χ1) is 3.84. The van der Waals surface area contributed by atoms with Crippen molar-refractivity contribution < 1.29 is 9.32 Å². The second-order valence-corrected chi connectivity index (χ2v) is 1.93. The van der Waals surface area contributed by atoms with Crippen LogP contribution in [0.25, 0.3) is 0 Å². The lowest BCUT2D eigenvalue weighted by Gasteiger charge is -1.71. The summed E-state index contributed by atoms with van der Waals surface area (Å²) in [6, 6.07) is 0. The molecule has 1 aromatic heterocycles. The normalized spacial score (nSPS) is 9.12. The van der Waals surface area contributed by atoms with E-state index >= 15 is 0 Å². The molecule has 0 aliphatic rings. The monoisotopic (exact) mass is 175 g/mol. The highest BCUT2D eigenvalue weighted by Crippen LogP contribution is 2.09. The Morgan fingerprint density at radius 2 is 2.62 bits per heavy atom. The van der Waals surface area contributed by atoms with Gasteiger partial charge < -0.3 is 4.52 Å². The summed E-state index contributed by atoms with van der Waals surface area (Å²) in [6.07, 6.45) is 1.94. The Hall–Kier alpha value is -0.640. The molecule has 1 heterocycles. The minimum atomic E-state index is 0.435. The van der Waals surface area contributed by atoms with Crippen LogP contribution in [0.3, 0.4) is 0 Å². The maximum atomic E-state index is 9.96. The summed E-state index contributed by atoms with van der Waals surface area (Å²) in [6.45, 7) is 0. The van der Waals surface area contributed by atoms with Gasteiger partial charge in [0.25, 0.3) is 0 Å². The molecule has 0 unspecified atom stereocenters. The van der Waals surface area contributed by atoms with Crippen LogP contribution >= 0.6 is 15.9 Å². The van der Waals surface area contributed by atoms with E-state index in [1.165, 1.54) is 6.26 Å². The smallest absolute Gasteiger partial charge is 0.159 e. The number of aromatic nitrogens is 1. The summed E-state index contributed by atoms with van der Waals surface area (Å²) in [4.78, 5) is 9.96. The fourth-order valence-electron chi connectivity index (χ4n) is 0.307. The minimum Gasteiger partial charge on any atom is -0.363 e. The minimum absolute atomic E-state index is 0.435. The molecular weight excluding hydrogens is 174 g/mol. The maximum absolute atomic E-state index is 9.96. The van der Waals surface area contributed by atoms with E-state index in [4.69, 9.17) is 0 Å². The highest BCUT2D eigenvalue weighted by molar-refractivity contribution is 9.10. The molecule has 0 aromatic carbocycles. The topological polar surface area (TPSA) is 43.1 Å². The maximum Gasteiger partial charge on any atom is 0.159 e. The fourth-order valence-corrected chi connectivity index (χ4v) is 0.578. The van der Waals surface area contributed by atoms with Gasteiger partial charge in [0.1, 0.15) is 6.26 Å². The Balaban J connectivity index is 3.09. The summed E-state index contributed by atoms with van der Waals surface area (Å²) >= 11 is 2.99. The first-order valence-corrected chi connectivity index (χ1v) is 2.69. The average molecular weight is 176 g/mol. The lowest BCUT2D eigenvalue weighted by Crippen LogP contribution is -1.72. The number of halogens is 1. The van der Waals surface area contributed by atoms with Crippen molar-refractivity contribution in [3.05, 3.63) is 16.4 Å². The number of hydrogen-bond acceptors (Lipinski definition) is 3. The zero-order valence-corrected chi connectivity index (χ0v) is 5.38. The standard InChI is InChI=1S/C4H2BrNO2/c5-4-3(1-7)2-8-6-4/h1-2H. The molecule has 0 fully saturated rings. The van der Waals surface area contributed by atoms with Crippen molar-refractivity contribution in [2.75, 3.05) is 0 Å². The number of nitrogens with zero attached hydrogens (tertiary/aromatic N) is 1. The number of rotatable bonds is 1. The van der Waals surface area contributed by atoms with Gasteiger partial charge in [-0.3, -0.25) is 4.79 Å². The first-order valence-electron chi connectivity index (χ1n) is 1.89. The van der Waals surface area contributed by atoms with Gasteiger partial charge in [0.2, 0.25) is 0 Å². The third-order valence-electron chi connectivity index (χ3n) is 0.678. The molecule has 0 saturated carbocycles. The van der Waals surface area contributed by atoms with Gasteiger partial charge in [-0.05, 0) is 15.9 Å².